The maximum Gasteiger partial charge on any atom is 0.253 e. The number of hydrogen-bond donors (Lipinski definition) is 5. The number of unbranched alkanes of at least 4 members (excludes halogenated alkanes) is 13. The van der Waals surface area contributed by atoms with Crippen LogP contribution < -0.4 is 16.0 Å². The highest BCUT2D eigenvalue weighted by Gasteiger charge is 2.49. The summed E-state index contributed by atoms with van der Waals surface area (Å²) in [5, 5.41) is 29.0. The van der Waals surface area contributed by atoms with Crippen LogP contribution >= 0.6 is 0 Å². The molecule has 65 heavy (non-hydrogen) atoms. The molecule has 12 nitrogen and oxygen atoms in total. The number of carbonyl (C=O) groups excluding carboxylic acids is 5. The van der Waals surface area contributed by atoms with Gasteiger partial charge in [-0.2, -0.15) is 0 Å². The highest BCUT2D eigenvalue weighted by atomic mass is 16.3. The first-order valence-electron chi connectivity index (χ1n) is 24.7. The molecule has 350 valence electrons. The Hall–Kier alpha value is -5.07. The van der Waals surface area contributed by atoms with E-state index in [1.54, 1.807) is 29.2 Å². The van der Waals surface area contributed by atoms with Crippen LogP contribution in [0.3, 0.4) is 0 Å². The molecular formula is C53H71N5O7. The normalized spacial score (nSPS) is 24.4. The first-order chi connectivity index (χ1) is 31.7. The average Bonchev–Trinajstić information content (AvgIpc) is 4.19. The first-order valence-corrected chi connectivity index (χ1v) is 24.7. The van der Waals surface area contributed by atoms with Crippen molar-refractivity contribution in [1.29, 1.82) is 0 Å². The number of carbonyl (C=O) groups is 5. The molecule has 2 saturated carbocycles. The summed E-state index contributed by atoms with van der Waals surface area (Å²) in [6, 6.07) is 26.4. The molecule has 12 heteroatoms. The van der Waals surface area contributed by atoms with Crippen LogP contribution in [0.5, 0.6) is 0 Å². The monoisotopic (exact) mass is 890 g/mol. The molecule has 2 saturated heterocycles. The second-order valence-corrected chi connectivity index (χ2v) is 19.1. The van der Waals surface area contributed by atoms with Gasteiger partial charge < -0.3 is 36.0 Å². The van der Waals surface area contributed by atoms with Crippen LogP contribution in [0, 0.1) is 17.8 Å². The molecule has 4 aliphatic rings. The third-order valence-electron chi connectivity index (χ3n) is 14.1. The van der Waals surface area contributed by atoms with Crippen LogP contribution in [0.2, 0.25) is 0 Å². The summed E-state index contributed by atoms with van der Waals surface area (Å²) >= 11 is 0. The molecule has 7 rings (SSSR count). The zero-order chi connectivity index (χ0) is 45.5. The van der Waals surface area contributed by atoms with E-state index in [0.717, 1.165) is 44.9 Å². The summed E-state index contributed by atoms with van der Waals surface area (Å²) in [5.41, 5.74) is 3.01. The van der Waals surface area contributed by atoms with Gasteiger partial charge in [0.2, 0.25) is 17.7 Å². The fourth-order valence-corrected chi connectivity index (χ4v) is 9.96. The Morgan fingerprint density at radius 1 is 0.477 bits per heavy atom. The van der Waals surface area contributed by atoms with Gasteiger partial charge in [-0.3, -0.25) is 24.0 Å². The van der Waals surface area contributed by atoms with Gasteiger partial charge in [-0.05, 0) is 61.1 Å². The van der Waals surface area contributed by atoms with Crippen LogP contribution in [-0.2, 0) is 14.4 Å². The number of β-amino-alcohol motifs (C(OH)–C–C–N with tert-alkyl or cyclic N) is 1. The van der Waals surface area contributed by atoms with Gasteiger partial charge in [-0.25, -0.2) is 0 Å². The number of rotatable bonds is 25. The van der Waals surface area contributed by atoms with Crippen molar-refractivity contribution in [1.82, 2.24) is 25.8 Å². The summed E-state index contributed by atoms with van der Waals surface area (Å²) < 4.78 is 0. The van der Waals surface area contributed by atoms with E-state index in [4.69, 9.17) is 5.11 Å². The van der Waals surface area contributed by atoms with Crippen molar-refractivity contribution in [3.8, 4) is 0 Å². The van der Waals surface area contributed by atoms with Gasteiger partial charge in [0.1, 0.15) is 0 Å². The molecular weight excluding hydrogens is 819 g/mol. The maximum atomic E-state index is 14.0. The van der Waals surface area contributed by atoms with Gasteiger partial charge in [0.25, 0.3) is 11.8 Å². The Kier molecular flexibility index (Phi) is 17.6. The van der Waals surface area contributed by atoms with E-state index < -0.39 is 23.9 Å². The van der Waals surface area contributed by atoms with Gasteiger partial charge >= 0.3 is 0 Å². The maximum absolute atomic E-state index is 14.0. The molecule has 0 radical (unpaired) electrons. The quantitative estimate of drug-likeness (QED) is 0.0589. The second-order valence-electron chi connectivity index (χ2n) is 19.1. The first kappa shape index (κ1) is 47.9. The molecule has 2 aliphatic carbocycles. The summed E-state index contributed by atoms with van der Waals surface area (Å²) in [6.07, 6.45) is 17.2. The van der Waals surface area contributed by atoms with Crippen molar-refractivity contribution in [3.05, 3.63) is 107 Å². The van der Waals surface area contributed by atoms with Gasteiger partial charge in [-0.1, -0.05) is 138 Å². The molecule has 0 bridgehead atoms. The van der Waals surface area contributed by atoms with Crippen LogP contribution in [0.1, 0.15) is 146 Å². The van der Waals surface area contributed by atoms with Crippen molar-refractivity contribution in [2.24, 2.45) is 17.8 Å². The molecule has 3 aromatic carbocycles. The van der Waals surface area contributed by atoms with Crippen LogP contribution in [-0.4, -0.2) is 107 Å². The highest BCUT2D eigenvalue weighted by molar-refractivity contribution is 5.99. The van der Waals surface area contributed by atoms with E-state index in [9.17, 15) is 29.1 Å². The fraction of sp³-hybridized carbons (Fsp3) is 0.566. The lowest BCUT2D eigenvalue weighted by Gasteiger charge is -2.18. The van der Waals surface area contributed by atoms with Crippen molar-refractivity contribution in [3.63, 3.8) is 0 Å². The smallest absolute Gasteiger partial charge is 0.253 e. The molecule has 2 heterocycles. The Bertz CT molecular complexity index is 1940. The standard InChI is InChI=1S/C53H71N5O7/c59-30-20-12-10-8-6-4-2-1-3-5-7-9-11-19-29-54-49(61)45-35-58(36-48(45)60)53(65)40-27-25-39(26-28-40)52(64)57-33-43(50(62)55-46-31-41(46)37-21-15-13-16-22-37)44(34-57)51(63)56-47-32-42(47)38-23-17-14-18-24-38/h13-18,21-28,41-48,59-60H,1-12,19-20,29-36H2,(H,54,61)(H,55,62)(H,56,63)/t41-,42-,43-,44-,45+,46+,47+,48+/m1/s1. The fourth-order valence-electron chi connectivity index (χ4n) is 9.96. The Morgan fingerprint density at radius 3 is 1.29 bits per heavy atom. The van der Waals surface area contributed by atoms with E-state index in [-0.39, 0.29) is 79.6 Å². The second kappa shape index (κ2) is 23.9. The lowest BCUT2D eigenvalue weighted by Crippen LogP contribution is -2.43. The van der Waals surface area contributed by atoms with Crippen LogP contribution in [0.4, 0.5) is 0 Å². The molecule has 0 aromatic heterocycles. The molecule has 8 atom stereocenters. The molecule has 0 spiro atoms. The molecule has 3 aromatic rings. The van der Waals surface area contributed by atoms with Gasteiger partial charge in [0, 0.05) is 74.4 Å². The summed E-state index contributed by atoms with van der Waals surface area (Å²) in [4.78, 5) is 71.3. The Labute approximate surface area is 385 Å². The molecule has 2 aliphatic heterocycles. The number of nitrogens with zero attached hydrogens (tertiary/aromatic N) is 2. The van der Waals surface area contributed by atoms with Crippen molar-refractivity contribution >= 4 is 29.5 Å². The molecule has 0 unspecified atom stereocenters. The van der Waals surface area contributed by atoms with Crippen molar-refractivity contribution < 1.29 is 34.2 Å². The van der Waals surface area contributed by atoms with E-state index in [0.29, 0.717) is 24.3 Å². The van der Waals surface area contributed by atoms with E-state index in [2.05, 4.69) is 40.2 Å². The largest absolute Gasteiger partial charge is 0.396 e. The molecule has 5 N–H and O–H groups in total. The minimum Gasteiger partial charge on any atom is -0.396 e. The zero-order valence-corrected chi connectivity index (χ0v) is 38.1. The predicted octanol–water partition coefficient (Wildman–Crippen LogP) is 6.72. The number of aliphatic hydroxyl groups excluding tert-OH is 2. The minimum absolute atomic E-state index is 0.0179. The number of nitrogens with one attached hydrogen (secondary N) is 3. The lowest BCUT2D eigenvalue weighted by molar-refractivity contribution is -0.133. The van der Waals surface area contributed by atoms with Crippen molar-refractivity contribution in [2.75, 3.05) is 39.3 Å². The van der Waals surface area contributed by atoms with E-state index in [1.165, 1.54) is 73.8 Å². The predicted molar refractivity (Wildman–Crippen MR) is 251 cm³/mol. The number of likely N-dealkylation sites (tertiary alicyclic amines) is 2. The zero-order valence-electron chi connectivity index (χ0n) is 38.1. The number of hydrogen-bond acceptors (Lipinski definition) is 7. The van der Waals surface area contributed by atoms with Crippen LogP contribution in [0.15, 0.2) is 84.9 Å². The third kappa shape index (κ3) is 13.5. The SMILES string of the molecule is O=C(NCCCCCCCCCCCCCCCCO)[C@H]1CN(C(=O)c2ccc(C(=O)N3C[C@@H](C(=O)N[C@H]4C[C@@H]4c4ccccc4)[C@H](C(=O)N[C@H]4C[C@@H]4c4ccccc4)C3)cc2)C[C@@H]1O. The van der Waals surface area contributed by atoms with Gasteiger partial charge in [-0.15, -0.1) is 0 Å². The topological polar surface area (TPSA) is 168 Å². The molecule has 4 fully saturated rings. The molecule has 5 amide bonds. The Balaban J connectivity index is 0.840. The lowest BCUT2D eigenvalue weighted by atomic mass is 9.94. The average molecular weight is 890 g/mol. The third-order valence-corrected chi connectivity index (χ3v) is 14.1. The summed E-state index contributed by atoms with van der Waals surface area (Å²) in [5.74, 6) is -3.02. The van der Waals surface area contributed by atoms with Gasteiger partial charge in [0.05, 0.1) is 23.9 Å². The number of aliphatic hydroxyl groups is 2. The summed E-state index contributed by atoms with van der Waals surface area (Å²) in [6.45, 7) is 1.20. The van der Waals surface area contributed by atoms with Crippen molar-refractivity contribution in [2.45, 2.75) is 133 Å². The number of benzene rings is 3. The minimum atomic E-state index is -0.968. The number of amides is 5. The summed E-state index contributed by atoms with van der Waals surface area (Å²) in [7, 11) is 0. The van der Waals surface area contributed by atoms with Gasteiger partial charge in [0.15, 0.2) is 0 Å². The van der Waals surface area contributed by atoms with E-state index >= 15 is 0 Å². The Morgan fingerprint density at radius 2 is 0.862 bits per heavy atom. The highest BCUT2D eigenvalue weighted by Crippen LogP contribution is 2.43. The van der Waals surface area contributed by atoms with E-state index in [1.807, 2.05) is 36.4 Å². The van der Waals surface area contributed by atoms with Crippen LogP contribution in [0.25, 0.3) is 0 Å².